The normalized spacial score (nSPS) is 30.8. The number of hydrogen-bond acceptors (Lipinski definition) is 4. The van der Waals surface area contributed by atoms with E-state index in [1.807, 2.05) is 0 Å². The molecule has 32 heavy (non-hydrogen) atoms. The summed E-state index contributed by atoms with van der Waals surface area (Å²) in [5.41, 5.74) is 0.317. The third-order valence-electron chi connectivity index (χ3n) is 7.86. The van der Waals surface area contributed by atoms with Crippen molar-refractivity contribution in [3.8, 4) is 0 Å². The number of likely N-dealkylation sites (tertiary alicyclic amines) is 2. The molecule has 5 rings (SSSR count). The molecule has 0 bridgehead atoms. The smallest absolute Gasteiger partial charge is 0.475 e. The van der Waals surface area contributed by atoms with Crippen molar-refractivity contribution < 1.29 is 32.6 Å². The van der Waals surface area contributed by atoms with Crippen LogP contribution in [0.4, 0.5) is 13.2 Å². The molecule has 2 atom stereocenters. The Bertz CT molecular complexity index is 691. The van der Waals surface area contributed by atoms with Gasteiger partial charge in [-0.05, 0) is 56.8 Å². The molecule has 2 saturated heterocycles. The average Bonchev–Trinajstić information content (AvgIpc) is 3.59. The first-order valence-corrected chi connectivity index (χ1v) is 12.1. The number of aliphatic carboxylic acids is 1. The highest BCUT2D eigenvalue weighted by Gasteiger charge is 2.52. The Hall–Kier alpha value is -1.35. The number of halogens is 3. The Balaban J connectivity index is 0.000000307. The van der Waals surface area contributed by atoms with E-state index in [4.69, 9.17) is 14.6 Å². The number of amides is 1. The van der Waals surface area contributed by atoms with Crippen LogP contribution in [0.5, 0.6) is 0 Å². The third-order valence-corrected chi connectivity index (χ3v) is 7.86. The molecule has 6 nitrogen and oxygen atoms in total. The number of rotatable bonds is 7. The molecule has 0 unspecified atom stereocenters. The summed E-state index contributed by atoms with van der Waals surface area (Å²) in [6.45, 7) is 7.58. The molecule has 1 amide bonds. The van der Waals surface area contributed by atoms with E-state index < -0.39 is 12.1 Å². The van der Waals surface area contributed by atoms with Crippen LogP contribution < -0.4 is 0 Å². The second kappa shape index (κ2) is 9.49. The summed E-state index contributed by atoms with van der Waals surface area (Å²) < 4.78 is 37.9. The lowest BCUT2D eigenvalue weighted by molar-refractivity contribution is -0.192. The van der Waals surface area contributed by atoms with Crippen molar-refractivity contribution >= 4 is 11.9 Å². The molecule has 0 aromatic heterocycles. The molecule has 0 aromatic rings. The summed E-state index contributed by atoms with van der Waals surface area (Å²) >= 11 is 0. The molecule has 182 valence electrons. The van der Waals surface area contributed by atoms with Crippen molar-refractivity contribution in [1.82, 2.24) is 9.80 Å². The first-order valence-electron chi connectivity index (χ1n) is 12.1. The standard InChI is InChI=1S/C21H34N2O2.C2HF3O2/c24-20(18-2-1-3-18)23-9-8-21(15-23)14-22(10-16-4-5-16)11-19(21)13-25-12-17-6-7-17;3-2(4,5)1(6)7/h16-19H,1-15H2;(H,6,7)/t19-,21-;/m1./s1. The van der Waals surface area contributed by atoms with Gasteiger partial charge in [-0.2, -0.15) is 13.2 Å². The Kier molecular flexibility index (Phi) is 7.05. The van der Waals surface area contributed by atoms with Crippen molar-refractivity contribution in [2.24, 2.45) is 29.1 Å². The van der Waals surface area contributed by atoms with Gasteiger partial charge in [-0.15, -0.1) is 0 Å². The number of hydrogen-bond donors (Lipinski definition) is 1. The first kappa shape index (κ1) is 23.8. The maximum Gasteiger partial charge on any atom is 0.490 e. The van der Waals surface area contributed by atoms with Gasteiger partial charge in [0.1, 0.15) is 0 Å². The summed E-state index contributed by atoms with van der Waals surface area (Å²) in [5, 5.41) is 7.12. The van der Waals surface area contributed by atoms with Crippen LogP contribution in [0, 0.1) is 29.1 Å². The summed E-state index contributed by atoms with van der Waals surface area (Å²) in [5.74, 6) is 0.485. The number of alkyl halides is 3. The fraction of sp³-hybridized carbons (Fsp3) is 0.913. The minimum absolute atomic E-state index is 0.317. The average molecular weight is 461 g/mol. The topological polar surface area (TPSA) is 70.1 Å². The van der Waals surface area contributed by atoms with Crippen LogP contribution in [0.3, 0.4) is 0 Å². The second-order valence-electron chi connectivity index (χ2n) is 10.6. The van der Waals surface area contributed by atoms with E-state index in [2.05, 4.69) is 9.80 Å². The monoisotopic (exact) mass is 460 g/mol. The number of nitrogens with zero attached hydrogens (tertiary/aromatic N) is 2. The largest absolute Gasteiger partial charge is 0.490 e. The molecule has 0 aromatic carbocycles. The van der Waals surface area contributed by atoms with Crippen LogP contribution >= 0.6 is 0 Å². The fourth-order valence-corrected chi connectivity index (χ4v) is 5.30. The van der Waals surface area contributed by atoms with Crippen molar-refractivity contribution in [3.05, 3.63) is 0 Å². The van der Waals surface area contributed by atoms with Gasteiger partial charge in [0.15, 0.2) is 0 Å². The Morgan fingerprint density at radius 1 is 1.00 bits per heavy atom. The maximum atomic E-state index is 12.7. The number of carbonyl (C=O) groups is 2. The lowest BCUT2D eigenvalue weighted by Gasteiger charge is -2.33. The van der Waals surface area contributed by atoms with Crippen molar-refractivity contribution in [3.63, 3.8) is 0 Å². The molecule has 9 heteroatoms. The van der Waals surface area contributed by atoms with Crippen LogP contribution in [0.25, 0.3) is 0 Å². The second-order valence-corrected chi connectivity index (χ2v) is 10.6. The highest BCUT2D eigenvalue weighted by Crippen LogP contribution is 2.46. The van der Waals surface area contributed by atoms with Gasteiger partial charge in [0.25, 0.3) is 0 Å². The first-order chi connectivity index (χ1) is 15.2. The van der Waals surface area contributed by atoms with Gasteiger partial charge < -0.3 is 19.6 Å². The van der Waals surface area contributed by atoms with E-state index in [0.29, 0.717) is 23.2 Å². The number of carbonyl (C=O) groups excluding carboxylic acids is 1. The minimum atomic E-state index is -5.08. The van der Waals surface area contributed by atoms with Crippen molar-refractivity contribution in [2.45, 2.75) is 57.5 Å². The summed E-state index contributed by atoms with van der Waals surface area (Å²) in [4.78, 5) is 26.6. The third kappa shape index (κ3) is 5.95. The zero-order chi connectivity index (χ0) is 22.9. The van der Waals surface area contributed by atoms with E-state index in [1.165, 1.54) is 58.2 Å². The van der Waals surface area contributed by atoms with Crippen molar-refractivity contribution in [1.29, 1.82) is 0 Å². The summed E-state index contributed by atoms with van der Waals surface area (Å²) in [7, 11) is 0. The van der Waals surface area contributed by atoms with Gasteiger partial charge in [0, 0.05) is 56.6 Å². The molecule has 3 saturated carbocycles. The molecule has 5 aliphatic rings. The zero-order valence-corrected chi connectivity index (χ0v) is 18.6. The molecule has 2 heterocycles. The van der Waals surface area contributed by atoms with E-state index in [1.54, 1.807) is 0 Å². The number of carboxylic acids is 1. The number of ether oxygens (including phenoxy) is 1. The van der Waals surface area contributed by atoms with Crippen LogP contribution in [0.2, 0.25) is 0 Å². The predicted molar refractivity (Wildman–Crippen MR) is 111 cm³/mol. The van der Waals surface area contributed by atoms with Crippen LogP contribution in [-0.2, 0) is 14.3 Å². The van der Waals surface area contributed by atoms with Crippen LogP contribution in [-0.4, -0.2) is 78.9 Å². The summed E-state index contributed by atoms with van der Waals surface area (Å²) in [6.07, 6.45) is 5.22. The molecule has 1 N–H and O–H groups in total. The van der Waals surface area contributed by atoms with Crippen LogP contribution in [0.15, 0.2) is 0 Å². The van der Waals surface area contributed by atoms with Crippen LogP contribution in [0.1, 0.15) is 51.4 Å². The molecule has 0 radical (unpaired) electrons. The van der Waals surface area contributed by atoms with Gasteiger partial charge in [-0.25, -0.2) is 4.79 Å². The lowest BCUT2D eigenvalue weighted by Crippen LogP contribution is -2.41. The Morgan fingerprint density at radius 3 is 2.19 bits per heavy atom. The zero-order valence-electron chi connectivity index (χ0n) is 18.6. The van der Waals surface area contributed by atoms with Gasteiger partial charge in [-0.3, -0.25) is 4.79 Å². The Morgan fingerprint density at radius 2 is 1.66 bits per heavy atom. The molecular weight excluding hydrogens is 425 g/mol. The predicted octanol–water partition coefficient (Wildman–Crippen LogP) is 3.41. The fourth-order valence-electron chi connectivity index (χ4n) is 5.30. The van der Waals surface area contributed by atoms with Gasteiger partial charge >= 0.3 is 12.1 Å². The molecule has 3 aliphatic carbocycles. The van der Waals surface area contributed by atoms with Crippen molar-refractivity contribution in [2.75, 3.05) is 45.9 Å². The molecular formula is C23H35F3N2O4. The highest BCUT2D eigenvalue weighted by molar-refractivity contribution is 5.80. The van der Waals surface area contributed by atoms with E-state index in [-0.39, 0.29) is 0 Å². The molecule has 1 spiro atoms. The van der Waals surface area contributed by atoms with Gasteiger partial charge in [0.05, 0.1) is 6.61 Å². The molecule has 2 aliphatic heterocycles. The lowest BCUT2D eigenvalue weighted by atomic mass is 9.77. The van der Waals surface area contributed by atoms with E-state index in [0.717, 1.165) is 51.0 Å². The molecule has 5 fully saturated rings. The minimum Gasteiger partial charge on any atom is -0.475 e. The SMILES string of the molecule is O=C(C1CCC1)N1CC[C@@]2(CN(CC3CC3)C[C@@H]2COCC2CC2)C1.O=C(O)C(F)(F)F. The van der Waals surface area contributed by atoms with Gasteiger partial charge in [0.2, 0.25) is 5.91 Å². The van der Waals surface area contributed by atoms with Gasteiger partial charge in [-0.1, -0.05) is 6.42 Å². The van der Waals surface area contributed by atoms with E-state index in [9.17, 15) is 18.0 Å². The summed E-state index contributed by atoms with van der Waals surface area (Å²) in [6, 6.07) is 0. The van der Waals surface area contributed by atoms with E-state index >= 15 is 0 Å². The maximum absolute atomic E-state index is 12.7. The number of carboxylic acid groups (broad SMARTS) is 1. The quantitative estimate of drug-likeness (QED) is 0.631. The highest BCUT2D eigenvalue weighted by atomic mass is 19.4. The Labute approximate surface area is 187 Å².